The standard InChI is InChI=1S/C12H14N6O10S2/c13-10-15-5(2-29-10)7(17-28-1-6(19)20)8(21)16-12(4-27-11(14)23)3-18(9(12)22)30(24,25)26/h2H,1,3-4H2,(H2,13,15)(H2,14,23)(H,16,21)(H,19,20)(H,24,25,26)/b17-7-/t12-/m0/s1. The molecule has 30 heavy (non-hydrogen) atoms. The summed E-state index contributed by atoms with van der Waals surface area (Å²) in [7, 11) is -4.94. The molecule has 16 nitrogen and oxygen atoms in total. The Hall–Kier alpha value is -3.51. The maximum Gasteiger partial charge on any atom is 0.404 e. The monoisotopic (exact) mass is 466 g/mol. The molecule has 0 aliphatic carbocycles. The highest BCUT2D eigenvalue weighted by atomic mass is 32.2. The molecule has 0 aromatic carbocycles. The molecule has 1 saturated heterocycles. The third-order valence-corrected chi connectivity index (χ3v) is 4.99. The van der Waals surface area contributed by atoms with E-state index in [1.165, 1.54) is 5.38 Å². The van der Waals surface area contributed by atoms with Crippen LogP contribution in [-0.2, 0) is 34.3 Å². The summed E-state index contributed by atoms with van der Waals surface area (Å²) in [5.41, 5.74) is 7.45. The lowest BCUT2D eigenvalue weighted by Crippen LogP contribution is -2.77. The second-order valence-electron chi connectivity index (χ2n) is 5.61. The minimum Gasteiger partial charge on any atom is -0.479 e. The average molecular weight is 466 g/mol. The van der Waals surface area contributed by atoms with Gasteiger partial charge >= 0.3 is 22.4 Å². The molecule has 1 atom stereocenters. The lowest BCUT2D eigenvalue weighted by atomic mass is 9.91. The van der Waals surface area contributed by atoms with Gasteiger partial charge < -0.3 is 31.5 Å². The maximum atomic E-state index is 12.7. The summed E-state index contributed by atoms with van der Waals surface area (Å²) in [6.45, 7) is -2.59. The largest absolute Gasteiger partial charge is 0.479 e. The predicted octanol–water partition coefficient (Wildman–Crippen LogP) is -2.87. The SMILES string of the molecule is NC(=O)OC[C@@]1(NC(=O)/C(=N\OCC(=O)O)c2csc(N)n2)CN(S(=O)(=O)O)C1=O. The molecule has 18 heteroatoms. The molecule has 1 aliphatic rings. The number of rotatable bonds is 9. The fourth-order valence-electron chi connectivity index (χ4n) is 2.18. The van der Waals surface area contributed by atoms with Crippen LogP contribution in [0.15, 0.2) is 10.5 Å². The number of β-lactam (4-membered cyclic amide) rings is 1. The summed E-state index contributed by atoms with van der Waals surface area (Å²) in [5, 5.41) is 15.4. The molecule has 1 aromatic rings. The number of aromatic nitrogens is 1. The van der Waals surface area contributed by atoms with Gasteiger partial charge in [-0.15, -0.1) is 11.3 Å². The van der Waals surface area contributed by atoms with Crippen LogP contribution in [0.25, 0.3) is 0 Å². The average Bonchev–Trinajstić information content (AvgIpc) is 3.04. The number of anilines is 1. The smallest absolute Gasteiger partial charge is 0.404 e. The van der Waals surface area contributed by atoms with Crippen molar-refractivity contribution in [3.05, 3.63) is 11.1 Å². The van der Waals surface area contributed by atoms with E-state index in [0.29, 0.717) is 0 Å². The van der Waals surface area contributed by atoms with E-state index >= 15 is 0 Å². The normalized spacial score (nSPS) is 19.0. The fraction of sp³-hybridized carbons (Fsp3) is 0.333. The van der Waals surface area contributed by atoms with E-state index in [0.717, 1.165) is 11.3 Å². The highest BCUT2D eigenvalue weighted by Gasteiger charge is 2.59. The Balaban J connectivity index is 2.31. The number of oxime groups is 1. The number of nitrogens with one attached hydrogen (secondary N) is 1. The van der Waals surface area contributed by atoms with Gasteiger partial charge in [0, 0.05) is 5.38 Å². The van der Waals surface area contributed by atoms with Crippen molar-refractivity contribution in [3.63, 3.8) is 0 Å². The van der Waals surface area contributed by atoms with Crippen molar-refractivity contribution in [2.24, 2.45) is 10.9 Å². The molecule has 0 spiro atoms. The Kier molecular flexibility index (Phi) is 6.43. The van der Waals surface area contributed by atoms with Crippen LogP contribution in [0.3, 0.4) is 0 Å². The van der Waals surface area contributed by atoms with Crippen molar-refractivity contribution >= 4 is 56.4 Å². The third kappa shape index (κ3) is 5.10. The number of thiazole rings is 1. The molecule has 164 valence electrons. The van der Waals surface area contributed by atoms with Gasteiger partial charge in [0.25, 0.3) is 11.8 Å². The quantitative estimate of drug-likeness (QED) is 0.106. The molecular weight excluding hydrogens is 452 g/mol. The minimum absolute atomic E-state index is 0.0101. The number of primary amides is 1. The van der Waals surface area contributed by atoms with Gasteiger partial charge in [-0.1, -0.05) is 5.16 Å². The van der Waals surface area contributed by atoms with E-state index in [2.05, 4.69) is 25.0 Å². The lowest BCUT2D eigenvalue weighted by molar-refractivity contribution is -0.150. The second kappa shape index (κ2) is 8.47. The van der Waals surface area contributed by atoms with Crippen molar-refractivity contribution in [1.82, 2.24) is 14.6 Å². The Morgan fingerprint density at radius 2 is 2.10 bits per heavy atom. The van der Waals surface area contributed by atoms with E-state index in [-0.39, 0.29) is 15.1 Å². The Morgan fingerprint density at radius 1 is 1.43 bits per heavy atom. The first-order chi connectivity index (χ1) is 13.9. The number of nitrogens with two attached hydrogens (primary N) is 2. The predicted molar refractivity (Wildman–Crippen MR) is 96.3 cm³/mol. The zero-order valence-electron chi connectivity index (χ0n) is 14.7. The Bertz CT molecular complexity index is 1020. The number of nitrogens with zero attached hydrogens (tertiary/aromatic N) is 3. The summed E-state index contributed by atoms with van der Waals surface area (Å²) in [6, 6.07) is 0. The summed E-state index contributed by atoms with van der Waals surface area (Å²) >= 11 is 0.907. The number of carboxylic acid groups (broad SMARTS) is 1. The highest BCUT2D eigenvalue weighted by molar-refractivity contribution is 7.84. The van der Waals surface area contributed by atoms with Gasteiger partial charge in [0.2, 0.25) is 6.61 Å². The number of carbonyl (C=O) groups excluding carboxylic acids is 3. The Morgan fingerprint density at radius 3 is 2.57 bits per heavy atom. The molecule has 0 saturated carbocycles. The van der Waals surface area contributed by atoms with Crippen molar-refractivity contribution in [2.75, 3.05) is 25.5 Å². The zero-order chi connectivity index (χ0) is 22.7. The first kappa shape index (κ1) is 22.8. The van der Waals surface area contributed by atoms with Crippen LogP contribution in [0.2, 0.25) is 0 Å². The first-order valence-corrected chi connectivity index (χ1v) is 9.81. The van der Waals surface area contributed by atoms with Crippen molar-refractivity contribution in [3.8, 4) is 0 Å². The van der Waals surface area contributed by atoms with Crippen LogP contribution in [0.4, 0.5) is 9.93 Å². The number of nitrogen functional groups attached to an aromatic ring is 1. The molecule has 3 amide bonds. The second-order valence-corrected chi connectivity index (χ2v) is 7.84. The van der Waals surface area contributed by atoms with Gasteiger partial charge in [0.1, 0.15) is 12.3 Å². The van der Waals surface area contributed by atoms with Crippen molar-refractivity contribution in [2.45, 2.75) is 5.54 Å². The first-order valence-electron chi connectivity index (χ1n) is 7.53. The molecule has 1 aliphatic heterocycles. The summed E-state index contributed by atoms with van der Waals surface area (Å²) in [6.07, 6.45) is -1.33. The Labute approximate surface area is 171 Å². The number of amides is 3. The number of hydrogen-bond acceptors (Lipinski definition) is 12. The lowest BCUT2D eigenvalue weighted by Gasteiger charge is -2.45. The molecule has 0 radical (unpaired) electrons. The van der Waals surface area contributed by atoms with E-state index in [4.69, 9.17) is 21.1 Å². The van der Waals surface area contributed by atoms with Crippen LogP contribution in [0, 0.1) is 0 Å². The van der Waals surface area contributed by atoms with Gasteiger partial charge in [-0.2, -0.15) is 8.42 Å². The molecular formula is C12H14N6O10S2. The van der Waals surface area contributed by atoms with E-state index in [9.17, 15) is 27.6 Å². The van der Waals surface area contributed by atoms with Gasteiger partial charge in [0.05, 0.1) is 6.54 Å². The van der Waals surface area contributed by atoms with Crippen molar-refractivity contribution < 1.29 is 46.8 Å². The number of hydrogen-bond donors (Lipinski definition) is 5. The van der Waals surface area contributed by atoms with Gasteiger partial charge in [-0.05, 0) is 0 Å². The zero-order valence-corrected chi connectivity index (χ0v) is 16.3. The molecule has 1 fully saturated rings. The van der Waals surface area contributed by atoms with Crippen LogP contribution in [0.5, 0.6) is 0 Å². The van der Waals surface area contributed by atoms with Crippen LogP contribution >= 0.6 is 11.3 Å². The highest BCUT2D eigenvalue weighted by Crippen LogP contribution is 2.26. The number of aliphatic carboxylic acids is 1. The summed E-state index contributed by atoms with van der Waals surface area (Å²) in [5.74, 6) is -3.91. The molecule has 1 aromatic heterocycles. The van der Waals surface area contributed by atoms with Gasteiger partial charge in [-0.25, -0.2) is 18.9 Å². The van der Waals surface area contributed by atoms with E-state index in [1.54, 1.807) is 0 Å². The number of carbonyl (C=O) groups is 4. The van der Waals surface area contributed by atoms with Crippen molar-refractivity contribution in [1.29, 1.82) is 0 Å². The maximum absolute atomic E-state index is 12.7. The molecule has 2 heterocycles. The third-order valence-electron chi connectivity index (χ3n) is 3.47. The summed E-state index contributed by atoms with van der Waals surface area (Å²) < 4.78 is 35.9. The van der Waals surface area contributed by atoms with Gasteiger partial charge in [-0.3, -0.25) is 14.1 Å². The fourth-order valence-corrected chi connectivity index (χ4v) is 3.49. The topological polar surface area (TPSA) is 254 Å². The minimum atomic E-state index is -4.94. The number of ether oxygens (including phenoxy) is 1. The van der Waals surface area contributed by atoms with Gasteiger partial charge in [0.15, 0.2) is 16.4 Å². The van der Waals surface area contributed by atoms with E-state index < -0.39 is 65.2 Å². The van der Waals surface area contributed by atoms with E-state index in [1.807, 2.05) is 0 Å². The van der Waals surface area contributed by atoms with Crippen LogP contribution in [-0.4, -0.2) is 82.3 Å². The summed E-state index contributed by atoms with van der Waals surface area (Å²) in [4.78, 5) is 54.8. The molecule has 2 rings (SSSR count). The van der Waals surface area contributed by atoms with Crippen LogP contribution < -0.4 is 16.8 Å². The number of carboxylic acids is 1. The van der Waals surface area contributed by atoms with Crippen LogP contribution in [0.1, 0.15) is 5.69 Å². The molecule has 0 unspecified atom stereocenters. The molecule has 0 bridgehead atoms. The molecule has 7 N–H and O–H groups in total.